The highest BCUT2D eigenvalue weighted by Crippen LogP contribution is 2.39. The second-order valence-electron chi connectivity index (χ2n) is 10.1. The van der Waals surface area contributed by atoms with Crippen LogP contribution in [-0.4, -0.2) is 109 Å². The van der Waals surface area contributed by atoms with Crippen molar-refractivity contribution in [2.45, 2.75) is 50.8 Å². The monoisotopic (exact) mass is 523 g/mol. The van der Waals surface area contributed by atoms with Gasteiger partial charge in [0.25, 0.3) is 5.91 Å². The zero-order chi connectivity index (χ0) is 25.5. The maximum Gasteiger partial charge on any atom is 0.409 e. The van der Waals surface area contributed by atoms with Crippen molar-refractivity contribution in [1.29, 1.82) is 0 Å². The minimum Gasteiger partial charge on any atom is -0.472 e. The first kappa shape index (κ1) is 25.0. The van der Waals surface area contributed by atoms with Gasteiger partial charge in [0, 0.05) is 45.3 Å². The van der Waals surface area contributed by atoms with Gasteiger partial charge in [0.05, 0.1) is 18.0 Å². The molecule has 5 aliphatic rings. The molecule has 2 fully saturated rings. The van der Waals surface area contributed by atoms with Crippen LogP contribution in [0.1, 0.15) is 33.1 Å². The number of carbonyl (C=O) groups is 2. The van der Waals surface area contributed by atoms with E-state index in [9.17, 15) is 18.0 Å². The third-order valence-corrected chi connectivity index (χ3v) is 8.94. The summed E-state index contributed by atoms with van der Waals surface area (Å²) in [6.07, 6.45) is 2.91. The summed E-state index contributed by atoms with van der Waals surface area (Å²) in [5.41, 5.74) is -1.10. The normalized spacial score (nSPS) is 30.2. The summed E-state index contributed by atoms with van der Waals surface area (Å²) >= 11 is 0. The molecule has 198 valence electrons. The van der Waals surface area contributed by atoms with E-state index in [-0.39, 0.29) is 36.9 Å². The molecule has 1 atom stereocenters. The highest BCUT2D eigenvalue weighted by molar-refractivity contribution is 7.89. The fraction of sp³-hybridized carbons (Fsp3) is 0.727. The standard InChI is InChI=1S/C22H33N7O6S/c1-22(2)19(30)29-16-5-8-27(14-16)21(31)34-11-6-23-7-12-36(32,33)28-9-3-15(4-10-28)25-20-24-13-17(35-22)18(29)26-20/h13,15-16,23H,3-12,14H2,1-2H3,(H,24,25,26)/t16-/m0/s1. The predicted octanol–water partition coefficient (Wildman–Crippen LogP) is 0.000800. The number of aromatic nitrogens is 2. The fourth-order valence-corrected chi connectivity index (χ4v) is 6.48. The van der Waals surface area contributed by atoms with E-state index in [4.69, 9.17) is 9.47 Å². The molecule has 6 rings (SSSR count). The number of nitrogens with zero attached hydrogens (tertiary/aromatic N) is 5. The van der Waals surface area contributed by atoms with Crippen LogP contribution in [0.25, 0.3) is 0 Å². The van der Waals surface area contributed by atoms with E-state index in [1.54, 1.807) is 29.8 Å². The number of carbonyl (C=O) groups excluding carboxylic acids is 2. The molecular formula is C22H33N7O6S. The number of piperidine rings is 1. The Morgan fingerprint density at radius 2 is 1.89 bits per heavy atom. The second-order valence-corrected chi connectivity index (χ2v) is 12.1. The molecule has 5 aliphatic heterocycles. The number of rotatable bonds is 0. The highest BCUT2D eigenvalue weighted by Gasteiger charge is 2.47. The molecule has 36 heavy (non-hydrogen) atoms. The van der Waals surface area contributed by atoms with Gasteiger partial charge in [-0.3, -0.25) is 9.69 Å². The van der Waals surface area contributed by atoms with Gasteiger partial charge in [-0.05, 0) is 33.1 Å². The minimum absolute atomic E-state index is 0.0000600. The van der Waals surface area contributed by atoms with Crippen LogP contribution in [0.15, 0.2) is 6.20 Å². The summed E-state index contributed by atoms with van der Waals surface area (Å²) < 4.78 is 38.2. The van der Waals surface area contributed by atoms with Crippen LogP contribution >= 0.6 is 0 Å². The molecule has 1 aromatic rings. The van der Waals surface area contributed by atoms with E-state index >= 15 is 0 Å². The molecule has 0 spiro atoms. The quantitative estimate of drug-likeness (QED) is 0.476. The maximum atomic E-state index is 13.4. The molecule has 0 radical (unpaired) electrons. The first-order valence-electron chi connectivity index (χ1n) is 12.4. The summed E-state index contributed by atoms with van der Waals surface area (Å²) in [5.74, 6) is 0.880. The van der Waals surface area contributed by atoms with Gasteiger partial charge in [-0.15, -0.1) is 0 Å². The van der Waals surface area contributed by atoms with Crippen molar-refractivity contribution in [2.24, 2.45) is 0 Å². The predicted molar refractivity (Wildman–Crippen MR) is 130 cm³/mol. The van der Waals surface area contributed by atoms with Gasteiger partial charge in [0.2, 0.25) is 16.0 Å². The molecule has 2 amide bonds. The smallest absolute Gasteiger partial charge is 0.409 e. The van der Waals surface area contributed by atoms with Crippen LogP contribution in [-0.2, 0) is 19.6 Å². The maximum absolute atomic E-state index is 13.4. The van der Waals surface area contributed by atoms with Crippen LogP contribution < -0.4 is 20.3 Å². The summed E-state index contributed by atoms with van der Waals surface area (Å²) in [6, 6.07) is -0.271. The van der Waals surface area contributed by atoms with E-state index in [1.807, 2.05) is 0 Å². The van der Waals surface area contributed by atoms with Crippen molar-refractivity contribution in [2.75, 3.05) is 61.8 Å². The number of fused-ring (bicyclic) bond motifs is 9. The Balaban J connectivity index is 1.43. The van der Waals surface area contributed by atoms with Gasteiger partial charge in [-0.2, -0.15) is 4.98 Å². The van der Waals surface area contributed by atoms with Crippen molar-refractivity contribution in [1.82, 2.24) is 24.5 Å². The molecule has 14 heteroatoms. The Hall–Kier alpha value is -2.71. The summed E-state index contributed by atoms with van der Waals surface area (Å²) in [6.45, 7) is 5.75. The zero-order valence-electron chi connectivity index (χ0n) is 20.6. The van der Waals surface area contributed by atoms with Crippen LogP contribution in [0, 0.1) is 0 Å². The Labute approximate surface area is 210 Å². The number of hydrogen-bond donors (Lipinski definition) is 2. The van der Waals surface area contributed by atoms with Gasteiger partial charge >= 0.3 is 6.09 Å². The third-order valence-electron chi connectivity index (χ3n) is 7.07. The van der Waals surface area contributed by atoms with Crippen molar-refractivity contribution in [3.8, 4) is 5.75 Å². The molecule has 0 unspecified atom stereocenters. The fourth-order valence-electron chi connectivity index (χ4n) is 5.06. The highest BCUT2D eigenvalue weighted by atomic mass is 32.2. The lowest BCUT2D eigenvalue weighted by atomic mass is 10.0. The van der Waals surface area contributed by atoms with E-state index in [0.29, 0.717) is 69.5 Å². The molecular weight excluding hydrogens is 490 g/mol. The first-order chi connectivity index (χ1) is 17.1. The first-order valence-corrected chi connectivity index (χ1v) is 14.0. The molecule has 13 nitrogen and oxygen atoms in total. The molecule has 1 aromatic heterocycles. The number of amides is 2. The van der Waals surface area contributed by atoms with Gasteiger partial charge in [-0.1, -0.05) is 0 Å². The van der Waals surface area contributed by atoms with Gasteiger partial charge < -0.3 is 25.0 Å². The van der Waals surface area contributed by atoms with Crippen molar-refractivity contribution in [3.63, 3.8) is 0 Å². The minimum atomic E-state index is -3.39. The zero-order valence-corrected chi connectivity index (χ0v) is 21.4. The Morgan fingerprint density at radius 3 is 2.67 bits per heavy atom. The van der Waals surface area contributed by atoms with Gasteiger partial charge in [0.1, 0.15) is 6.61 Å². The van der Waals surface area contributed by atoms with E-state index in [1.165, 1.54) is 4.31 Å². The van der Waals surface area contributed by atoms with E-state index in [2.05, 4.69) is 20.6 Å². The number of anilines is 2. The number of ether oxygens (including phenoxy) is 2. The molecule has 2 N–H and O–H groups in total. The van der Waals surface area contributed by atoms with Crippen LogP contribution in [0.2, 0.25) is 0 Å². The lowest BCUT2D eigenvalue weighted by molar-refractivity contribution is -0.133. The summed E-state index contributed by atoms with van der Waals surface area (Å²) in [7, 11) is -3.39. The average molecular weight is 524 g/mol. The SMILES string of the molecule is CC1(C)Oc2cnc3nc2N(C1=O)[C@H]1CCN(C1)C(=O)OCCNCCS(=O)(=O)N1CCC(CC1)N3. The van der Waals surface area contributed by atoms with Crippen LogP contribution in [0.3, 0.4) is 0 Å². The molecule has 6 heterocycles. The van der Waals surface area contributed by atoms with Crippen LogP contribution in [0.5, 0.6) is 5.75 Å². The van der Waals surface area contributed by atoms with E-state index < -0.39 is 21.7 Å². The van der Waals surface area contributed by atoms with Crippen molar-refractivity contribution < 1.29 is 27.5 Å². The second kappa shape index (κ2) is 9.63. The molecule has 6 bridgehead atoms. The van der Waals surface area contributed by atoms with Crippen molar-refractivity contribution >= 4 is 33.8 Å². The Kier molecular flexibility index (Phi) is 6.68. The molecule has 0 aromatic carbocycles. The Bertz CT molecular complexity index is 1120. The topological polar surface area (TPSA) is 146 Å². The molecule has 0 aliphatic carbocycles. The lowest BCUT2D eigenvalue weighted by Gasteiger charge is -2.40. The van der Waals surface area contributed by atoms with Gasteiger partial charge in [0.15, 0.2) is 17.2 Å². The largest absolute Gasteiger partial charge is 0.472 e. The number of sulfonamides is 1. The molecule has 0 saturated carbocycles. The van der Waals surface area contributed by atoms with E-state index in [0.717, 1.165) is 0 Å². The lowest BCUT2D eigenvalue weighted by Crippen LogP contribution is -2.57. The summed E-state index contributed by atoms with van der Waals surface area (Å²) in [5, 5.41) is 6.34. The van der Waals surface area contributed by atoms with Crippen LogP contribution in [0.4, 0.5) is 16.6 Å². The average Bonchev–Trinajstić information content (AvgIpc) is 3.32. The van der Waals surface area contributed by atoms with Crippen molar-refractivity contribution in [3.05, 3.63) is 6.20 Å². The number of hydrogen-bond acceptors (Lipinski definition) is 10. The van der Waals surface area contributed by atoms with Gasteiger partial charge in [-0.25, -0.2) is 22.5 Å². The summed E-state index contributed by atoms with van der Waals surface area (Å²) in [4.78, 5) is 38.3. The Morgan fingerprint density at radius 1 is 1.11 bits per heavy atom. The molecule has 2 saturated heterocycles. The number of nitrogens with one attached hydrogen (secondary N) is 2. The third kappa shape index (κ3) is 4.93.